The van der Waals surface area contributed by atoms with Crippen molar-refractivity contribution in [3.8, 4) is 0 Å². The van der Waals surface area contributed by atoms with E-state index in [4.69, 9.17) is 11.6 Å². The Labute approximate surface area is 93.9 Å². The summed E-state index contributed by atoms with van der Waals surface area (Å²) < 4.78 is 0. The highest BCUT2D eigenvalue weighted by Gasteiger charge is 2.11. The zero-order chi connectivity index (χ0) is 11.0. The number of fused-ring (bicyclic) bond motifs is 1. The van der Waals surface area contributed by atoms with E-state index < -0.39 is 11.1 Å². The van der Waals surface area contributed by atoms with Crippen LogP contribution in [0.2, 0.25) is 5.02 Å². The minimum atomic E-state index is -0.662. The SMILES string of the molecule is CCCc1sc2[nH]c(=O)c(=O)[nH]c2c1Cl. The van der Waals surface area contributed by atoms with E-state index >= 15 is 0 Å². The van der Waals surface area contributed by atoms with Gasteiger partial charge in [-0.15, -0.1) is 11.3 Å². The highest BCUT2D eigenvalue weighted by molar-refractivity contribution is 7.19. The van der Waals surface area contributed by atoms with Crippen LogP contribution in [-0.2, 0) is 6.42 Å². The van der Waals surface area contributed by atoms with E-state index in [1.54, 1.807) is 0 Å². The van der Waals surface area contributed by atoms with Crippen molar-refractivity contribution in [2.24, 2.45) is 0 Å². The van der Waals surface area contributed by atoms with Crippen LogP contribution >= 0.6 is 22.9 Å². The summed E-state index contributed by atoms with van der Waals surface area (Å²) in [6.07, 6.45) is 1.82. The molecule has 15 heavy (non-hydrogen) atoms. The zero-order valence-electron chi connectivity index (χ0n) is 8.02. The average molecular weight is 245 g/mol. The largest absolute Gasteiger partial charge is 0.314 e. The van der Waals surface area contributed by atoms with Gasteiger partial charge in [0.25, 0.3) is 0 Å². The third kappa shape index (κ3) is 1.72. The van der Waals surface area contributed by atoms with Gasteiger partial charge in [-0.1, -0.05) is 24.9 Å². The number of hydrogen-bond acceptors (Lipinski definition) is 3. The molecule has 0 unspecified atom stereocenters. The van der Waals surface area contributed by atoms with Gasteiger partial charge in [-0.3, -0.25) is 9.59 Å². The maximum atomic E-state index is 11.1. The van der Waals surface area contributed by atoms with Gasteiger partial charge in [-0.2, -0.15) is 0 Å². The van der Waals surface area contributed by atoms with Crippen molar-refractivity contribution in [3.63, 3.8) is 0 Å². The van der Waals surface area contributed by atoms with Crippen molar-refractivity contribution in [3.05, 3.63) is 30.6 Å². The van der Waals surface area contributed by atoms with Crippen LogP contribution in [-0.4, -0.2) is 9.97 Å². The number of rotatable bonds is 2. The second-order valence-electron chi connectivity index (χ2n) is 3.20. The molecule has 80 valence electrons. The fourth-order valence-corrected chi connectivity index (χ4v) is 2.93. The Balaban J connectivity index is 2.77. The Morgan fingerprint density at radius 1 is 1.27 bits per heavy atom. The molecular formula is C9H9ClN2O2S. The molecule has 0 bridgehead atoms. The molecule has 0 aliphatic heterocycles. The fourth-order valence-electron chi connectivity index (χ4n) is 1.38. The molecule has 0 radical (unpaired) electrons. The third-order valence-electron chi connectivity index (χ3n) is 2.07. The van der Waals surface area contributed by atoms with Gasteiger partial charge in [-0.05, 0) is 6.42 Å². The van der Waals surface area contributed by atoms with Gasteiger partial charge in [-0.25, -0.2) is 0 Å². The molecule has 0 saturated carbocycles. The third-order valence-corrected chi connectivity index (χ3v) is 3.76. The first-order chi connectivity index (χ1) is 7.13. The highest BCUT2D eigenvalue weighted by atomic mass is 35.5. The molecular weight excluding hydrogens is 236 g/mol. The van der Waals surface area contributed by atoms with Gasteiger partial charge < -0.3 is 9.97 Å². The molecule has 0 amide bonds. The van der Waals surface area contributed by atoms with Crippen molar-refractivity contribution in [2.75, 3.05) is 0 Å². The van der Waals surface area contributed by atoms with Crippen LogP contribution in [0.25, 0.3) is 10.3 Å². The molecule has 0 atom stereocenters. The van der Waals surface area contributed by atoms with Crippen LogP contribution in [0, 0.1) is 0 Å². The average Bonchev–Trinajstić information content (AvgIpc) is 2.47. The van der Waals surface area contributed by atoms with E-state index in [1.165, 1.54) is 11.3 Å². The zero-order valence-corrected chi connectivity index (χ0v) is 9.59. The monoisotopic (exact) mass is 244 g/mol. The number of H-pyrrole nitrogens is 2. The van der Waals surface area contributed by atoms with Gasteiger partial charge in [0.15, 0.2) is 0 Å². The summed E-state index contributed by atoms with van der Waals surface area (Å²) in [6, 6.07) is 0. The lowest BCUT2D eigenvalue weighted by Gasteiger charge is -1.91. The lowest BCUT2D eigenvalue weighted by atomic mass is 10.3. The van der Waals surface area contributed by atoms with Gasteiger partial charge in [0.2, 0.25) is 0 Å². The minimum Gasteiger partial charge on any atom is -0.314 e. The second-order valence-corrected chi connectivity index (χ2v) is 4.68. The summed E-state index contributed by atoms with van der Waals surface area (Å²) in [4.78, 5) is 28.8. The normalized spacial score (nSPS) is 11.1. The predicted octanol–water partition coefficient (Wildman–Crippen LogP) is 1.88. The summed E-state index contributed by atoms with van der Waals surface area (Å²) in [6.45, 7) is 2.05. The first-order valence-electron chi connectivity index (χ1n) is 4.57. The molecule has 2 aromatic rings. The van der Waals surface area contributed by atoms with Gasteiger partial charge in [0, 0.05) is 4.88 Å². The van der Waals surface area contributed by atoms with E-state index in [0.29, 0.717) is 15.4 Å². The van der Waals surface area contributed by atoms with Crippen LogP contribution < -0.4 is 11.1 Å². The van der Waals surface area contributed by atoms with Crippen LogP contribution in [0.3, 0.4) is 0 Å². The first-order valence-corrected chi connectivity index (χ1v) is 5.76. The molecule has 2 N–H and O–H groups in total. The molecule has 2 rings (SSSR count). The molecule has 2 aromatic heterocycles. The molecule has 0 aromatic carbocycles. The van der Waals surface area contributed by atoms with Crippen LogP contribution in [0.1, 0.15) is 18.2 Å². The van der Waals surface area contributed by atoms with Crippen LogP contribution in [0.4, 0.5) is 0 Å². The molecule has 0 aliphatic rings. The van der Waals surface area contributed by atoms with Crippen molar-refractivity contribution < 1.29 is 0 Å². The predicted molar refractivity (Wildman–Crippen MR) is 62.1 cm³/mol. The van der Waals surface area contributed by atoms with E-state index in [9.17, 15) is 9.59 Å². The highest BCUT2D eigenvalue weighted by Crippen LogP contribution is 2.32. The minimum absolute atomic E-state index is 0.537. The Kier molecular flexibility index (Phi) is 2.67. The van der Waals surface area contributed by atoms with Crippen molar-refractivity contribution in [1.82, 2.24) is 9.97 Å². The summed E-state index contributed by atoms with van der Waals surface area (Å²) in [7, 11) is 0. The first kappa shape index (κ1) is 10.4. The van der Waals surface area contributed by atoms with Gasteiger partial charge in [0.05, 0.1) is 10.5 Å². The van der Waals surface area contributed by atoms with Crippen LogP contribution in [0.5, 0.6) is 0 Å². The molecule has 4 nitrogen and oxygen atoms in total. The van der Waals surface area contributed by atoms with Gasteiger partial charge in [0.1, 0.15) is 4.83 Å². The standard InChI is InChI=1S/C9H9ClN2O2S/c1-2-3-4-5(10)6-9(15-4)12-8(14)7(13)11-6/h2-3H2,1H3,(H,11,13)(H,12,14). The fraction of sp³-hybridized carbons (Fsp3) is 0.333. The molecule has 0 aliphatic carbocycles. The maximum absolute atomic E-state index is 11.1. The van der Waals surface area contributed by atoms with E-state index in [2.05, 4.69) is 9.97 Å². The molecule has 0 fully saturated rings. The Hall–Kier alpha value is -1.07. The number of hydrogen-bond donors (Lipinski definition) is 2. The molecule has 0 saturated heterocycles. The number of halogens is 1. The van der Waals surface area contributed by atoms with E-state index in [-0.39, 0.29) is 0 Å². The van der Waals surface area contributed by atoms with Crippen molar-refractivity contribution in [1.29, 1.82) is 0 Å². The summed E-state index contributed by atoms with van der Waals surface area (Å²) in [5.41, 5.74) is -0.761. The number of aromatic amines is 2. The maximum Gasteiger partial charge on any atom is 0.314 e. The number of aryl methyl sites for hydroxylation is 1. The molecule has 6 heteroatoms. The Morgan fingerprint density at radius 3 is 2.60 bits per heavy atom. The Bertz CT molecular complexity index is 611. The summed E-state index contributed by atoms with van der Waals surface area (Å²) in [5, 5.41) is 0.546. The number of nitrogens with one attached hydrogen (secondary N) is 2. The van der Waals surface area contributed by atoms with E-state index in [1.807, 2.05) is 6.92 Å². The van der Waals surface area contributed by atoms with Crippen molar-refractivity contribution in [2.45, 2.75) is 19.8 Å². The van der Waals surface area contributed by atoms with Crippen LogP contribution in [0.15, 0.2) is 9.59 Å². The topological polar surface area (TPSA) is 65.7 Å². The molecule has 0 spiro atoms. The second kappa shape index (κ2) is 3.83. The lowest BCUT2D eigenvalue weighted by molar-refractivity contribution is 0.940. The number of thiophene rings is 1. The smallest absolute Gasteiger partial charge is 0.314 e. The summed E-state index contributed by atoms with van der Waals surface area (Å²) >= 11 is 7.49. The van der Waals surface area contributed by atoms with Crippen molar-refractivity contribution >= 4 is 33.3 Å². The van der Waals surface area contributed by atoms with E-state index in [0.717, 1.165) is 17.7 Å². The lowest BCUT2D eigenvalue weighted by Crippen LogP contribution is -2.28. The van der Waals surface area contributed by atoms with Gasteiger partial charge >= 0.3 is 11.1 Å². The number of aromatic nitrogens is 2. The molecule has 2 heterocycles. The Morgan fingerprint density at radius 2 is 1.93 bits per heavy atom. The quantitative estimate of drug-likeness (QED) is 0.793. The summed E-state index contributed by atoms with van der Waals surface area (Å²) in [5.74, 6) is 0.